The average Bonchev–Trinajstić information content (AvgIpc) is 2.44. The molecular weight excluding hydrogens is 228 g/mol. The number of hydrogen-bond acceptors (Lipinski definition) is 3. The SMILES string of the molecule is CNS(=O)(=O)NC1(C(=N)N)CCCCCC1. The molecule has 5 N–H and O–H groups in total. The summed E-state index contributed by atoms with van der Waals surface area (Å²) in [5.41, 5.74) is 4.67. The van der Waals surface area contributed by atoms with Gasteiger partial charge in [0.15, 0.2) is 0 Å². The second-order valence-corrected chi connectivity index (χ2v) is 5.84. The second-order valence-electron chi connectivity index (χ2n) is 4.22. The van der Waals surface area contributed by atoms with Gasteiger partial charge >= 0.3 is 0 Å². The van der Waals surface area contributed by atoms with Crippen LogP contribution in [-0.2, 0) is 10.2 Å². The molecule has 0 amide bonds. The minimum Gasteiger partial charge on any atom is -0.386 e. The van der Waals surface area contributed by atoms with Crippen LogP contribution in [0.3, 0.4) is 0 Å². The number of hydrogen-bond donors (Lipinski definition) is 4. The van der Waals surface area contributed by atoms with Gasteiger partial charge < -0.3 is 5.73 Å². The molecule has 16 heavy (non-hydrogen) atoms. The summed E-state index contributed by atoms with van der Waals surface area (Å²) in [7, 11) is -2.22. The Hall–Kier alpha value is -0.660. The number of nitrogens with one attached hydrogen (secondary N) is 3. The number of nitrogens with two attached hydrogens (primary N) is 1. The zero-order valence-corrected chi connectivity index (χ0v) is 10.4. The van der Waals surface area contributed by atoms with E-state index in [-0.39, 0.29) is 5.84 Å². The Morgan fingerprint density at radius 1 is 1.25 bits per heavy atom. The van der Waals surface area contributed by atoms with E-state index in [1.807, 2.05) is 0 Å². The van der Waals surface area contributed by atoms with Crippen molar-refractivity contribution in [3.63, 3.8) is 0 Å². The van der Waals surface area contributed by atoms with Gasteiger partial charge in [0.25, 0.3) is 10.2 Å². The zero-order valence-electron chi connectivity index (χ0n) is 9.54. The highest BCUT2D eigenvalue weighted by Gasteiger charge is 2.37. The molecule has 1 fully saturated rings. The van der Waals surface area contributed by atoms with E-state index in [9.17, 15) is 8.42 Å². The predicted octanol–water partition coefficient (Wildman–Crippen LogP) is 0.0692. The van der Waals surface area contributed by atoms with Gasteiger partial charge in [-0.05, 0) is 12.8 Å². The van der Waals surface area contributed by atoms with Crippen molar-refractivity contribution < 1.29 is 8.42 Å². The van der Waals surface area contributed by atoms with Gasteiger partial charge in [-0.15, -0.1) is 0 Å². The van der Waals surface area contributed by atoms with Crippen molar-refractivity contribution in [1.29, 1.82) is 5.41 Å². The van der Waals surface area contributed by atoms with Gasteiger partial charge in [-0.25, -0.2) is 4.72 Å². The molecule has 0 aromatic heterocycles. The molecule has 0 aromatic rings. The molecule has 94 valence electrons. The summed E-state index contributed by atoms with van der Waals surface area (Å²) < 4.78 is 27.7. The lowest BCUT2D eigenvalue weighted by Crippen LogP contribution is -2.58. The van der Waals surface area contributed by atoms with Crippen LogP contribution in [0.15, 0.2) is 0 Å². The van der Waals surface area contributed by atoms with Crippen LogP contribution in [0, 0.1) is 5.41 Å². The molecule has 0 heterocycles. The predicted molar refractivity (Wildman–Crippen MR) is 63.5 cm³/mol. The first-order valence-electron chi connectivity index (χ1n) is 5.49. The van der Waals surface area contributed by atoms with Gasteiger partial charge in [-0.3, -0.25) is 5.41 Å². The molecule has 7 heteroatoms. The van der Waals surface area contributed by atoms with Crippen LogP contribution in [0.5, 0.6) is 0 Å². The first kappa shape index (κ1) is 13.4. The highest BCUT2D eigenvalue weighted by Crippen LogP contribution is 2.27. The summed E-state index contributed by atoms with van der Waals surface area (Å²) in [6.07, 6.45) is 5.12. The van der Waals surface area contributed by atoms with Crippen LogP contribution >= 0.6 is 0 Å². The minimum atomic E-state index is -3.56. The van der Waals surface area contributed by atoms with Gasteiger partial charge in [0.1, 0.15) is 5.84 Å². The van der Waals surface area contributed by atoms with Crippen LogP contribution in [0.2, 0.25) is 0 Å². The van der Waals surface area contributed by atoms with Gasteiger partial charge in [-0.2, -0.15) is 13.1 Å². The summed E-state index contributed by atoms with van der Waals surface area (Å²) in [4.78, 5) is 0. The third kappa shape index (κ3) is 3.16. The fourth-order valence-corrected chi connectivity index (χ4v) is 3.00. The Morgan fingerprint density at radius 2 is 1.75 bits per heavy atom. The number of amidine groups is 1. The molecule has 0 atom stereocenters. The van der Waals surface area contributed by atoms with Crippen molar-refractivity contribution in [2.75, 3.05) is 7.05 Å². The maximum Gasteiger partial charge on any atom is 0.277 e. The van der Waals surface area contributed by atoms with Gasteiger partial charge in [0, 0.05) is 7.05 Å². The van der Waals surface area contributed by atoms with Crippen LogP contribution < -0.4 is 15.2 Å². The molecule has 0 aromatic carbocycles. The Kier molecular flexibility index (Phi) is 4.28. The van der Waals surface area contributed by atoms with Crippen molar-refractivity contribution >= 4 is 16.0 Å². The first-order chi connectivity index (χ1) is 7.42. The summed E-state index contributed by atoms with van der Waals surface area (Å²) in [6, 6.07) is 0. The van der Waals surface area contributed by atoms with Crippen molar-refractivity contribution in [1.82, 2.24) is 9.44 Å². The Bertz CT molecular complexity index is 345. The molecule has 0 saturated heterocycles. The van der Waals surface area contributed by atoms with Crippen LogP contribution in [0.25, 0.3) is 0 Å². The summed E-state index contributed by atoms with van der Waals surface area (Å²) in [6.45, 7) is 0. The maximum absolute atomic E-state index is 11.5. The van der Waals surface area contributed by atoms with E-state index in [1.54, 1.807) is 0 Å². The standard InChI is InChI=1S/C9H20N4O2S/c1-12-16(14,15)13-9(8(10)11)6-4-2-3-5-7-9/h12-13H,2-7H2,1H3,(H3,10,11). The van der Waals surface area contributed by atoms with E-state index < -0.39 is 15.7 Å². The van der Waals surface area contributed by atoms with Crippen molar-refractivity contribution in [3.8, 4) is 0 Å². The fraction of sp³-hybridized carbons (Fsp3) is 0.889. The third-order valence-electron chi connectivity index (χ3n) is 3.07. The smallest absolute Gasteiger partial charge is 0.277 e. The van der Waals surface area contributed by atoms with Crippen LogP contribution in [0.1, 0.15) is 38.5 Å². The molecule has 1 saturated carbocycles. The summed E-state index contributed by atoms with van der Waals surface area (Å²) in [5.74, 6) is -0.0896. The molecule has 1 rings (SSSR count). The molecular formula is C9H20N4O2S. The highest BCUT2D eigenvalue weighted by atomic mass is 32.2. The van der Waals surface area contributed by atoms with E-state index >= 15 is 0 Å². The van der Waals surface area contributed by atoms with Crippen LogP contribution in [0.4, 0.5) is 0 Å². The summed E-state index contributed by atoms with van der Waals surface area (Å²) >= 11 is 0. The quantitative estimate of drug-likeness (QED) is 0.321. The Labute approximate surface area is 96.7 Å². The molecule has 0 radical (unpaired) electrons. The first-order valence-corrected chi connectivity index (χ1v) is 6.97. The topological polar surface area (TPSA) is 108 Å². The lowest BCUT2D eigenvalue weighted by atomic mass is 9.90. The van der Waals surface area contributed by atoms with Gasteiger partial charge in [0.05, 0.1) is 5.54 Å². The third-order valence-corrected chi connectivity index (χ3v) is 4.27. The number of rotatable bonds is 4. The summed E-state index contributed by atoms with van der Waals surface area (Å²) in [5, 5.41) is 7.61. The van der Waals surface area contributed by atoms with E-state index in [4.69, 9.17) is 11.1 Å². The van der Waals surface area contributed by atoms with E-state index in [1.165, 1.54) is 7.05 Å². The van der Waals surface area contributed by atoms with Gasteiger partial charge in [-0.1, -0.05) is 25.7 Å². The van der Waals surface area contributed by atoms with Crippen molar-refractivity contribution in [2.24, 2.45) is 5.73 Å². The molecule has 1 aliphatic carbocycles. The molecule has 0 unspecified atom stereocenters. The van der Waals surface area contributed by atoms with Crippen molar-refractivity contribution in [2.45, 2.75) is 44.1 Å². The zero-order chi connectivity index (χ0) is 12.2. The molecule has 0 aliphatic heterocycles. The van der Waals surface area contributed by atoms with Crippen molar-refractivity contribution in [3.05, 3.63) is 0 Å². The fourth-order valence-electron chi connectivity index (χ4n) is 2.07. The average molecular weight is 248 g/mol. The molecule has 1 aliphatic rings. The monoisotopic (exact) mass is 248 g/mol. The lowest BCUT2D eigenvalue weighted by molar-refractivity contribution is 0.432. The molecule has 6 nitrogen and oxygen atoms in total. The van der Waals surface area contributed by atoms with E-state index in [0.29, 0.717) is 12.8 Å². The molecule has 0 bridgehead atoms. The minimum absolute atomic E-state index is 0.0896. The van der Waals surface area contributed by atoms with Gasteiger partial charge in [0.2, 0.25) is 0 Å². The van der Waals surface area contributed by atoms with Crippen LogP contribution in [-0.4, -0.2) is 26.8 Å². The van der Waals surface area contributed by atoms with E-state index in [2.05, 4.69) is 9.44 Å². The molecule has 0 spiro atoms. The second kappa shape index (κ2) is 5.11. The Balaban J connectivity index is 2.91. The largest absolute Gasteiger partial charge is 0.386 e. The lowest BCUT2D eigenvalue weighted by Gasteiger charge is -2.31. The highest BCUT2D eigenvalue weighted by molar-refractivity contribution is 7.87. The van der Waals surface area contributed by atoms with E-state index in [0.717, 1.165) is 25.7 Å². The normalized spacial score (nSPS) is 21.3. The Morgan fingerprint density at radius 3 is 2.12 bits per heavy atom. The maximum atomic E-state index is 11.5.